The summed E-state index contributed by atoms with van der Waals surface area (Å²) in [5, 5.41) is 0. The quantitative estimate of drug-likeness (QED) is 0.128. The van der Waals surface area contributed by atoms with Crippen LogP contribution in [0.15, 0.2) is 182 Å². The molecule has 1 aromatic heterocycles. The Morgan fingerprint density at radius 1 is 0.365 bits per heavy atom. The Morgan fingerprint density at radius 3 is 1.06 bits per heavy atom. The summed E-state index contributed by atoms with van der Waals surface area (Å²) < 4.78 is 0. The maximum Gasteiger partial charge on any atom is 0.0463 e. The molecule has 7 aromatic carbocycles. The highest BCUT2D eigenvalue weighted by Gasteiger charge is 2.25. The fraction of sp³-hybridized carbons (Fsp3) is 0.233. The van der Waals surface area contributed by atoms with E-state index in [1.165, 1.54) is 71.2 Å². The second-order valence-electron chi connectivity index (χ2n) is 19.5. The van der Waals surface area contributed by atoms with Gasteiger partial charge in [-0.1, -0.05) is 177 Å². The van der Waals surface area contributed by atoms with Crippen LogP contribution in [0.25, 0.3) is 43.1 Å². The van der Waals surface area contributed by atoms with Gasteiger partial charge in [-0.15, -0.1) is 11.3 Å². The molecule has 0 N–H and O–H groups in total. The van der Waals surface area contributed by atoms with Crippen LogP contribution in [-0.2, 0) is 10.8 Å². The van der Waals surface area contributed by atoms with Crippen molar-refractivity contribution >= 4 is 39.8 Å². The summed E-state index contributed by atoms with van der Waals surface area (Å²) in [6, 6.07) is 67.9. The highest BCUT2D eigenvalue weighted by atomic mass is 32.1. The summed E-state index contributed by atoms with van der Waals surface area (Å²) >= 11 is 1.90. The summed E-state index contributed by atoms with van der Waals surface area (Å²) in [4.78, 5) is 7.37. The van der Waals surface area contributed by atoms with Crippen LogP contribution in [0.1, 0.15) is 91.8 Å². The van der Waals surface area contributed by atoms with Crippen molar-refractivity contribution in [1.82, 2.24) is 0 Å². The van der Waals surface area contributed by atoms with Crippen LogP contribution >= 0.6 is 11.3 Å². The Morgan fingerprint density at radius 2 is 0.698 bits per heavy atom. The van der Waals surface area contributed by atoms with Gasteiger partial charge < -0.3 is 9.80 Å². The molecule has 0 saturated heterocycles. The van der Waals surface area contributed by atoms with E-state index in [4.69, 9.17) is 0 Å². The molecule has 318 valence electrons. The molecule has 8 aromatic rings. The third-order valence-electron chi connectivity index (χ3n) is 12.2. The van der Waals surface area contributed by atoms with Crippen molar-refractivity contribution in [3.05, 3.63) is 199 Å². The molecule has 0 unspecified atom stereocenters. The van der Waals surface area contributed by atoms with Crippen molar-refractivity contribution in [2.75, 3.05) is 9.80 Å². The van der Waals surface area contributed by atoms with Gasteiger partial charge in [0.1, 0.15) is 0 Å². The van der Waals surface area contributed by atoms with Crippen molar-refractivity contribution < 1.29 is 0 Å². The summed E-state index contributed by atoms with van der Waals surface area (Å²) in [6.45, 7) is 22.7. The zero-order valence-corrected chi connectivity index (χ0v) is 39.6. The molecular weight excluding hydrogens is 781 g/mol. The molecule has 0 saturated carbocycles. The summed E-state index contributed by atoms with van der Waals surface area (Å²) in [6.07, 6.45) is 0. The zero-order valence-electron chi connectivity index (χ0n) is 38.8. The number of rotatable bonds is 11. The Labute approximate surface area is 381 Å². The minimum absolute atomic E-state index is 0.0587. The lowest BCUT2D eigenvalue weighted by Crippen LogP contribution is -2.25. The van der Waals surface area contributed by atoms with E-state index in [2.05, 4.69) is 261 Å². The molecule has 2 nitrogen and oxygen atoms in total. The normalized spacial score (nSPS) is 11.9. The second kappa shape index (κ2) is 17.9. The first-order valence-electron chi connectivity index (χ1n) is 22.6. The van der Waals surface area contributed by atoms with Gasteiger partial charge in [0.25, 0.3) is 0 Å². The predicted molar refractivity (Wildman–Crippen MR) is 276 cm³/mol. The SMILES string of the molecule is CC(C)c1ccc(-c2sc(-c3ccc(N(c4ccc(N(c5ccc(C(C)(C)C)cc5)C(C)C)cc4)c4ccc(C(C)(C)C)cc4)cc3)c(-c3ccccc3)c2-c2ccccc2)cc1. The highest BCUT2D eigenvalue weighted by molar-refractivity contribution is 7.20. The standard InChI is InChI=1S/C60H62N2S/c1-41(2)43-21-23-46(24-22-43)57-55(44-17-13-11-14-18-44)56(45-19-15-12-16-20-45)58(63-57)47-25-31-52(32-26-47)62(53-35-29-49(30-36-53)60(8,9)10)54-39-37-51(38-40-54)61(42(3)4)50-33-27-48(28-34-50)59(5,6)7/h11-42H,1-10H3. The van der Waals surface area contributed by atoms with Crippen LogP contribution < -0.4 is 9.80 Å². The van der Waals surface area contributed by atoms with Crippen LogP contribution in [-0.4, -0.2) is 6.04 Å². The summed E-state index contributed by atoms with van der Waals surface area (Å²) in [7, 11) is 0. The van der Waals surface area contributed by atoms with Gasteiger partial charge >= 0.3 is 0 Å². The van der Waals surface area contributed by atoms with Gasteiger partial charge in [0.05, 0.1) is 0 Å². The third-order valence-corrected chi connectivity index (χ3v) is 13.5. The molecule has 0 radical (unpaired) electrons. The lowest BCUT2D eigenvalue weighted by molar-refractivity contribution is 0.590. The average Bonchev–Trinajstić information content (AvgIpc) is 3.68. The molecule has 0 atom stereocenters. The van der Waals surface area contributed by atoms with Crippen LogP contribution in [0, 0.1) is 0 Å². The van der Waals surface area contributed by atoms with Crippen molar-refractivity contribution in [1.29, 1.82) is 0 Å². The van der Waals surface area contributed by atoms with E-state index in [1.807, 2.05) is 11.3 Å². The number of hydrogen-bond donors (Lipinski definition) is 0. The minimum Gasteiger partial charge on any atom is -0.339 e. The molecule has 0 aliphatic heterocycles. The van der Waals surface area contributed by atoms with Crippen LogP contribution in [0.4, 0.5) is 28.4 Å². The van der Waals surface area contributed by atoms with Gasteiger partial charge in [-0.2, -0.15) is 0 Å². The Bertz CT molecular complexity index is 2730. The Balaban J connectivity index is 1.23. The lowest BCUT2D eigenvalue weighted by Gasteiger charge is -2.31. The van der Waals surface area contributed by atoms with E-state index in [9.17, 15) is 0 Å². The van der Waals surface area contributed by atoms with Crippen molar-refractivity contribution in [2.45, 2.75) is 92.0 Å². The molecule has 0 aliphatic carbocycles. The molecule has 0 aliphatic rings. The van der Waals surface area contributed by atoms with Gasteiger partial charge in [-0.05, 0) is 130 Å². The van der Waals surface area contributed by atoms with E-state index in [-0.39, 0.29) is 16.9 Å². The summed E-state index contributed by atoms with van der Waals surface area (Å²) in [5.41, 5.74) is 17.3. The number of hydrogen-bond acceptors (Lipinski definition) is 3. The fourth-order valence-corrected chi connectivity index (χ4v) is 9.92. The topological polar surface area (TPSA) is 6.48 Å². The average molecular weight is 843 g/mol. The number of nitrogens with zero attached hydrogens (tertiary/aromatic N) is 2. The van der Waals surface area contributed by atoms with Crippen molar-refractivity contribution in [3.63, 3.8) is 0 Å². The van der Waals surface area contributed by atoms with Crippen LogP contribution in [0.3, 0.4) is 0 Å². The largest absolute Gasteiger partial charge is 0.339 e. The lowest BCUT2D eigenvalue weighted by atomic mass is 9.87. The van der Waals surface area contributed by atoms with Crippen LogP contribution in [0.2, 0.25) is 0 Å². The van der Waals surface area contributed by atoms with E-state index in [1.54, 1.807) is 0 Å². The van der Waals surface area contributed by atoms with Gasteiger partial charge in [-0.3, -0.25) is 0 Å². The van der Waals surface area contributed by atoms with Crippen LogP contribution in [0.5, 0.6) is 0 Å². The minimum atomic E-state index is 0.0587. The maximum atomic E-state index is 2.43. The van der Waals surface area contributed by atoms with Gasteiger partial charge in [0, 0.05) is 55.4 Å². The molecular formula is C60H62N2S. The van der Waals surface area contributed by atoms with Gasteiger partial charge in [-0.25, -0.2) is 0 Å². The second-order valence-corrected chi connectivity index (χ2v) is 20.5. The molecule has 63 heavy (non-hydrogen) atoms. The van der Waals surface area contributed by atoms with E-state index in [0.29, 0.717) is 5.92 Å². The first kappa shape index (κ1) is 43.5. The Hall–Kier alpha value is -6.16. The third kappa shape index (κ3) is 9.31. The van der Waals surface area contributed by atoms with Crippen molar-refractivity contribution in [3.8, 4) is 43.1 Å². The maximum absolute atomic E-state index is 2.43. The van der Waals surface area contributed by atoms with Gasteiger partial charge in [0.2, 0.25) is 0 Å². The summed E-state index contributed by atoms with van der Waals surface area (Å²) in [5.74, 6) is 0.477. The molecule has 8 rings (SSSR count). The smallest absolute Gasteiger partial charge is 0.0463 e. The van der Waals surface area contributed by atoms with Crippen molar-refractivity contribution in [2.24, 2.45) is 0 Å². The molecule has 0 bridgehead atoms. The molecule has 0 fully saturated rings. The molecule has 3 heteroatoms. The first-order chi connectivity index (χ1) is 30.2. The Kier molecular flexibility index (Phi) is 12.4. The van der Waals surface area contributed by atoms with E-state index < -0.39 is 0 Å². The monoisotopic (exact) mass is 842 g/mol. The number of thiophene rings is 1. The predicted octanol–water partition coefficient (Wildman–Crippen LogP) is 18.2. The molecule has 1 heterocycles. The molecule has 0 spiro atoms. The number of benzene rings is 7. The van der Waals surface area contributed by atoms with E-state index >= 15 is 0 Å². The first-order valence-corrected chi connectivity index (χ1v) is 23.4. The fourth-order valence-electron chi connectivity index (χ4n) is 8.57. The zero-order chi connectivity index (χ0) is 44.5. The highest BCUT2D eigenvalue weighted by Crippen LogP contribution is 2.52. The van der Waals surface area contributed by atoms with Gasteiger partial charge in [0.15, 0.2) is 0 Å². The van der Waals surface area contributed by atoms with E-state index in [0.717, 1.165) is 17.1 Å². The molecule has 0 amide bonds. The number of anilines is 5.